The molecular weight excluding hydrogens is 407 g/mol. The number of anilines is 2. The number of hydrogen-bond acceptors (Lipinski definition) is 5. The summed E-state index contributed by atoms with van der Waals surface area (Å²) in [5.41, 5.74) is -2.38. The lowest BCUT2D eigenvalue weighted by atomic mass is 10.0. The predicted octanol–water partition coefficient (Wildman–Crippen LogP) is 3.94. The van der Waals surface area contributed by atoms with Crippen molar-refractivity contribution in [3.63, 3.8) is 0 Å². The highest BCUT2D eigenvalue weighted by molar-refractivity contribution is 7.13. The van der Waals surface area contributed by atoms with Crippen LogP contribution in [0.1, 0.15) is 29.3 Å². The van der Waals surface area contributed by atoms with Gasteiger partial charge in [-0.25, -0.2) is 4.98 Å². The van der Waals surface area contributed by atoms with Gasteiger partial charge in [0, 0.05) is 17.1 Å². The Kier molecular flexibility index (Phi) is 6.55. The van der Waals surface area contributed by atoms with Crippen LogP contribution in [0.2, 0.25) is 0 Å². The van der Waals surface area contributed by atoms with Gasteiger partial charge >= 0.3 is 6.18 Å². The minimum atomic E-state index is -4.82. The molecule has 0 aliphatic carbocycles. The summed E-state index contributed by atoms with van der Waals surface area (Å²) in [4.78, 5) is 39.9. The van der Waals surface area contributed by atoms with E-state index in [-0.39, 0.29) is 5.13 Å². The summed E-state index contributed by atoms with van der Waals surface area (Å²) >= 11 is 6.71. The standard InChI is InChI=1S/C16H13ClF3N3O3S/c1-8(17)14(26)23-13-9(3-2-4-10(13)16(18,19)20)11(24)7-12(25)22-15-21-5-6-27-15/h2-6,8H,7H2,1H3,(H,23,26)(H,21,22,25). The first-order chi connectivity index (χ1) is 12.6. The molecule has 11 heteroatoms. The van der Waals surface area contributed by atoms with Gasteiger partial charge in [0.05, 0.1) is 17.7 Å². The number of nitrogens with one attached hydrogen (secondary N) is 2. The van der Waals surface area contributed by atoms with E-state index in [4.69, 9.17) is 11.6 Å². The van der Waals surface area contributed by atoms with E-state index in [0.29, 0.717) is 0 Å². The smallest absolute Gasteiger partial charge is 0.324 e. The second kappa shape index (κ2) is 8.49. The van der Waals surface area contributed by atoms with Crippen molar-refractivity contribution in [3.05, 3.63) is 40.9 Å². The van der Waals surface area contributed by atoms with Crippen LogP contribution >= 0.6 is 22.9 Å². The zero-order valence-electron chi connectivity index (χ0n) is 13.8. The van der Waals surface area contributed by atoms with Crippen LogP contribution in [0, 0.1) is 0 Å². The van der Waals surface area contributed by atoms with Gasteiger partial charge in [0.2, 0.25) is 11.8 Å². The van der Waals surface area contributed by atoms with Crippen LogP contribution in [-0.2, 0) is 15.8 Å². The predicted molar refractivity (Wildman–Crippen MR) is 95.1 cm³/mol. The number of thiazole rings is 1. The molecule has 1 aromatic heterocycles. The Labute approximate surface area is 160 Å². The van der Waals surface area contributed by atoms with E-state index in [1.54, 1.807) is 5.38 Å². The van der Waals surface area contributed by atoms with Crippen molar-refractivity contribution in [2.24, 2.45) is 0 Å². The Morgan fingerprint density at radius 1 is 1.26 bits per heavy atom. The lowest BCUT2D eigenvalue weighted by molar-refractivity contribution is -0.137. The number of nitrogens with zero attached hydrogens (tertiary/aromatic N) is 1. The molecule has 144 valence electrons. The molecule has 0 spiro atoms. The molecule has 2 amide bonds. The lowest BCUT2D eigenvalue weighted by Crippen LogP contribution is -2.25. The summed E-state index contributed by atoms with van der Waals surface area (Å²) < 4.78 is 39.8. The van der Waals surface area contributed by atoms with Gasteiger partial charge < -0.3 is 10.6 Å². The summed E-state index contributed by atoms with van der Waals surface area (Å²) in [6, 6.07) is 2.85. The van der Waals surface area contributed by atoms with Crippen molar-refractivity contribution in [3.8, 4) is 0 Å². The summed E-state index contributed by atoms with van der Waals surface area (Å²) in [6.45, 7) is 1.27. The maximum Gasteiger partial charge on any atom is 0.418 e. The Hall–Kier alpha value is -2.46. The van der Waals surface area contributed by atoms with Crippen molar-refractivity contribution >= 4 is 51.4 Å². The summed E-state index contributed by atoms with van der Waals surface area (Å²) in [7, 11) is 0. The van der Waals surface area contributed by atoms with Crippen LogP contribution in [0.15, 0.2) is 29.8 Å². The van der Waals surface area contributed by atoms with Crippen molar-refractivity contribution in [2.75, 3.05) is 10.6 Å². The van der Waals surface area contributed by atoms with Gasteiger partial charge in [0.25, 0.3) is 0 Å². The number of benzene rings is 1. The monoisotopic (exact) mass is 419 g/mol. The van der Waals surface area contributed by atoms with Gasteiger partial charge in [0.1, 0.15) is 5.38 Å². The van der Waals surface area contributed by atoms with Crippen molar-refractivity contribution in [1.29, 1.82) is 0 Å². The maximum absolute atomic E-state index is 13.3. The molecule has 0 fully saturated rings. The van der Waals surface area contributed by atoms with Crippen molar-refractivity contribution in [1.82, 2.24) is 4.98 Å². The Bertz CT molecular complexity index is 854. The van der Waals surface area contributed by atoms with Crippen LogP contribution in [0.5, 0.6) is 0 Å². The molecule has 2 aromatic rings. The van der Waals surface area contributed by atoms with Crippen LogP contribution < -0.4 is 10.6 Å². The molecule has 2 rings (SSSR count). The molecule has 1 atom stereocenters. The molecule has 0 saturated heterocycles. The second-order valence-corrected chi connectivity index (χ2v) is 6.87. The first-order valence-electron chi connectivity index (χ1n) is 7.47. The zero-order chi connectivity index (χ0) is 20.2. The van der Waals surface area contributed by atoms with Crippen LogP contribution in [0.3, 0.4) is 0 Å². The zero-order valence-corrected chi connectivity index (χ0v) is 15.3. The van der Waals surface area contributed by atoms with Gasteiger partial charge in [-0.3, -0.25) is 14.4 Å². The molecule has 27 heavy (non-hydrogen) atoms. The number of Topliss-reactive ketones (excluding diaryl/α,β-unsaturated/α-hetero) is 1. The Morgan fingerprint density at radius 2 is 1.96 bits per heavy atom. The number of alkyl halides is 4. The average molecular weight is 420 g/mol. The molecule has 6 nitrogen and oxygen atoms in total. The number of rotatable bonds is 6. The number of hydrogen-bond donors (Lipinski definition) is 2. The van der Waals surface area contributed by atoms with Gasteiger partial charge in [-0.15, -0.1) is 22.9 Å². The van der Waals surface area contributed by atoms with E-state index in [2.05, 4.69) is 10.3 Å². The van der Waals surface area contributed by atoms with Gasteiger partial charge in [-0.1, -0.05) is 6.07 Å². The summed E-state index contributed by atoms with van der Waals surface area (Å²) in [6.07, 6.45) is -4.10. The van der Waals surface area contributed by atoms with E-state index in [1.165, 1.54) is 13.1 Å². The quantitative estimate of drug-likeness (QED) is 0.421. The first-order valence-corrected chi connectivity index (χ1v) is 8.79. The third kappa shape index (κ3) is 5.51. The molecule has 0 aliphatic rings. The van der Waals surface area contributed by atoms with E-state index < -0.39 is 52.4 Å². The number of para-hydroxylation sites is 1. The number of carbonyl (C=O) groups excluding carboxylic acids is 3. The normalized spacial score (nSPS) is 12.3. The molecule has 1 unspecified atom stereocenters. The Balaban J connectivity index is 2.32. The molecule has 0 saturated carbocycles. The van der Waals surface area contributed by atoms with Gasteiger partial charge in [-0.2, -0.15) is 13.2 Å². The minimum Gasteiger partial charge on any atom is -0.324 e. The van der Waals surface area contributed by atoms with Crippen LogP contribution in [0.25, 0.3) is 0 Å². The number of carbonyl (C=O) groups is 3. The van der Waals surface area contributed by atoms with Gasteiger partial charge in [-0.05, 0) is 19.1 Å². The molecule has 0 aliphatic heterocycles. The lowest BCUT2D eigenvalue weighted by Gasteiger charge is -2.17. The minimum absolute atomic E-state index is 0.251. The number of amides is 2. The highest BCUT2D eigenvalue weighted by atomic mass is 35.5. The second-order valence-electron chi connectivity index (χ2n) is 5.32. The van der Waals surface area contributed by atoms with Crippen LogP contribution in [0.4, 0.5) is 24.0 Å². The molecule has 2 N–H and O–H groups in total. The van der Waals surface area contributed by atoms with Crippen molar-refractivity contribution in [2.45, 2.75) is 24.9 Å². The van der Waals surface area contributed by atoms with E-state index in [0.717, 1.165) is 29.5 Å². The molecule has 0 radical (unpaired) electrons. The van der Waals surface area contributed by atoms with E-state index >= 15 is 0 Å². The summed E-state index contributed by atoms with van der Waals surface area (Å²) in [5, 5.41) is 5.12. The Morgan fingerprint density at radius 3 is 2.52 bits per heavy atom. The SMILES string of the molecule is CC(Cl)C(=O)Nc1c(C(=O)CC(=O)Nc2nccs2)cccc1C(F)(F)F. The number of ketones is 1. The third-order valence-corrected chi connectivity index (χ3v) is 4.17. The molecule has 0 bridgehead atoms. The van der Waals surface area contributed by atoms with E-state index in [9.17, 15) is 27.6 Å². The topological polar surface area (TPSA) is 88.2 Å². The molecular formula is C16H13ClF3N3O3S. The average Bonchev–Trinajstić information content (AvgIpc) is 3.06. The highest BCUT2D eigenvalue weighted by Crippen LogP contribution is 2.37. The fraction of sp³-hybridized carbons (Fsp3) is 0.250. The highest BCUT2D eigenvalue weighted by Gasteiger charge is 2.36. The molecule has 1 aromatic carbocycles. The number of aromatic nitrogens is 1. The fourth-order valence-corrected chi connectivity index (χ4v) is 2.67. The van der Waals surface area contributed by atoms with Gasteiger partial charge in [0.15, 0.2) is 10.9 Å². The van der Waals surface area contributed by atoms with Crippen molar-refractivity contribution < 1.29 is 27.6 Å². The maximum atomic E-state index is 13.3. The number of halogens is 4. The molecule has 1 heterocycles. The van der Waals surface area contributed by atoms with E-state index in [1.807, 2.05) is 5.32 Å². The summed E-state index contributed by atoms with van der Waals surface area (Å²) in [5.74, 6) is -2.54. The first kappa shape index (κ1) is 20.8. The third-order valence-electron chi connectivity index (χ3n) is 3.28. The van der Waals surface area contributed by atoms with Crippen LogP contribution in [-0.4, -0.2) is 28.0 Å². The fourth-order valence-electron chi connectivity index (χ4n) is 2.07. The largest absolute Gasteiger partial charge is 0.418 e.